The summed E-state index contributed by atoms with van der Waals surface area (Å²) >= 11 is 0. The molecule has 0 fully saturated rings. The maximum Gasteiger partial charge on any atom is 0.233 e. The second-order valence-corrected chi connectivity index (χ2v) is 6.38. The van der Waals surface area contributed by atoms with Gasteiger partial charge in [0.15, 0.2) is 0 Å². The summed E-state index contributed by atoms with van der Waals surface area (Å²) in [6, 6.07) is 12.5. The largest absolute Gasteiger partial charge is 0.355 e. The van der Waals surface area contributed by atoms with Crippen molar-refractivity contribution < 1.29 is 13.6 Å². The predicted molar refractivity (Wildman–Crippen MR) is 95.1 cm³/mol. The Morgan fingerprint density at radius 3 is 2.08 bits per heavy atom. The highest BCUT2D eigenvalue weighted by Crippen LogP contribution is 2.21. The minimum atomic E-state index is -0.273. The minimum Gasteiger partial charge on any atom is -0.355 e. The van der Waals surface area contributed by atoms with Gasteiger partial charge in [-0.3, -0.25) is 4.79 Å². The van der Waals surface area contributed by atoms with E-state index in [4.69, 9.17) is 0 Å². The number of carbonyl (C=O) groups excluding carboxylic acids is 1. The fraction of sp³-hybridized carbons (Fsp3) is 0.350. The predicted octanol–water partition coefficient (Wildman–Crippen LogP) is 3.61. The lowest BCUT2D eigenvalue weighted by molar-refractivity contribution is -0.120. The molecule has 0 heterocycles. The number of carbonyl (C=O) groups is 1. The third kappa shape index (κ3) is 6.27. The van der Waals surface area contributed by atoms with Gasteiger partial charge in [-0.15, -0.1) is 0 Å². The molecule has 0 aliphatic carbocycles. The van der Waals surface area contributed by atoms with Gasteiger partial charge in [-0.05, 0) is 47.7 Å². The van der Waals surface area contributed by atoms with Crippen molar-refractivity contribution in [3.05, 3.63) is 71.3 Å². The van der Waals surface area contributed by atoms with Crippen LogP contribution in [0.3, 0.4) is 0 Å². The summed E-state index contributed by atoms with van der Waals surface area (Å²) in [4.78, 5) is 12.0. The van der Waals surface area contributed by atoms with Crippen molar-refractivity contribution in [3.63, 3.8) is 0 Å². The zero-order valence-electron chi connectivity index (χ0n) is 14.6. The Morgan fingerprint density at radius 2 is 1.52 bits per heavy atom. The molecular weight excluding hydrogens is 322 g/mol. The van der Waals surface area contributed by atoms with Crippen molar-refractivity contribution >= 4 is 5.91 Å². The van der Waals surface area contributed by atoms with E-state index in [1.165, 1.54) is 24.3 Å². The fourth-order valence-corrected chi connectivity index (χ4v) is 2.67. The van der Waals surface area contributed by atoms with Crippen molar-refractivity contribution in [2.75, 3.05) is 13.1 Å². The molecule has 2 N–H and O–H groups in total. The van der Waals surface area contributed by atoms with Gasteiger partial charge in [-0.25, -0.2) is 8.78 Å². The number of halogens is 2. The quantitative estimate of drug-likeness (QED) is 0.767. The van der Waals surface area contributed by atoms with Crippen molar-refractivity contribution in [2.24, 2.45) is 5.92 Å². The maximum atomic E-state index is 13.1. The molecule has 2 aromatic carbocycles. The van der Waals surface area contributed by atoms with E-state index in [-0.39, 0.29) is 36.0 Å². The second kappa shape index (κ2) is 9.28. The van der Waals surface area contributed by atoms with Gasteiger partial charge in [0.1, 0.15) is 11.6 Å². The van der Waals surface area contributed by atoms with Gasteiger partial charge in [-0.2, -0.15) is 0 Å². The Morgan fingerprint density at radius 1 is 0.960 bits per heavy atom. The highest BCUT2D eigenvalue weighted by molar-refractivity contribution is 5.78. The molecule has 25 heavy (non-hydrogen) atoms. The average Bonchev–Trinajstić information content (AvgIpc) is 2.58. The van der Waals surface area contributed by atoms with Gasteiger partial charge in [0.2, 0.25) is 5.91 Å². The van der Waals surface area contributed by atoms with E-state index in [1.807, 2.05) is 13.8 Å². The van der Waals surface area contributed by atoms with Crippen LogP contribution in [0.15, 0.2) is 48.5 Å². The first kappa shape index (κ1) is 19.1. The molecule has 0 unspecified atom stereocenters. The Hall–Kier alpha value is -2.27. The Kier molecular flexibility index (Phi) is 7.07. The summed E-state index contributed by atoms with van der Waals surface area (Å²) in [5.74, 6) is -0.380. The Bertz CT molecular complexity index is 669. The van der Waals surface area contributed by atoms with Crippen LogP contribution in [-0.2, 0) is 11.2 Å². The zero-order chi connectivity index (χ0) is 18.2. The summed E-state index contributed by atoms with van der Waals surface area (Å²) in [5, 5.41) is 6.07. The van der Waals surface area contributed by atoms with E-state index in [0.29, 0.717) is 13.0 Å². The van der Waals surface area contributed by atoms with Gasteiger partial charge < -0.3 is 10.6 Å². The number of rotatable bonds is 8. The van der Waals surface area contributed by atoms with Crippen molar-refractivity contribution in [1.82, 2.24) is 10.6 Å². The van der Waals surface area contributed by atoms with E-state index in [9.17, 15) is 13.6 Å². The Labute approximate surface area is 147 Å². The third-order valence-corrected chi connectivity index (χ3v) is 4.03. The number of amides is 1. The highest BCUT2D eigenvalue weighted by Gasteiger charge is 2.16. The van der Waals surface area contributed by atoms with Crippen LogP contribution in [0.2, 0.25) is 0 Å². The molecule has 0 radical (unpaired) electrons. The molecule has 0 aliphatic heterocycles. The van der Waals surface area contributed by atoms with E-state index in [0.717, 1.165) is 11.1 Å². The maximum absolute atomic E-state index is 13.1. The summed E-state index contributed by atoms with van der Waals surface area (Å²) < 4.78 is 25.9. The third-order valence-electron chi connectivity index (χ3n) is 4.03. The Balaban J connectivity index is 1.78. The van der Waals surface area contributed by atoms with Crippen LogP contribution in [0.5, 0.6) is 0 Å². The molecule has 1 atom stereocenters. The molecule has 2 aromatic rings. The molecule has 0 saturated carbocycles. The molecule has 0 bridgehead atoms. The van der Waals surface area contributed by atoms with E-state index >= 15 is 0 Å². The van der Waals surface area contributed by atoms with Crippen molar-refractivity contribution in [1.29, 1.82) is 0 Å². The number of benzene rings is 2. The first-order valence-electron chi connectivity index (χ1n) is 8.45. The molecule has 1 amide bonds. The number of hydrogen-bond donors (Lipinski definition) is 2. The van der Waals surface area contributed by atoms with Crippen LogP contribution >= 0.6 is 0 Å². The topological polar surface area (TPSA) is 41.1 Å². The second-order valence-electron chi connectivity index (χ2n) is 6.38. The molecule has 0 spiro atoms. The van der Waals surface area contributed by atoms with E-state index in [2.05, 4.69) is 10.6 Å². The SMILES string of the molecule is CC(C)[C@@H](NCC(=O)NCCc1ccc(F)cc1)c1ccc(F)cc1. The molecule has 2 rings (SSSR count). The van der Waals surface area contributed by atoms with Crippen LogP contribution in [0, 0.1) is 17.6 Å². The number of hydrogen-bond acceptors (Lipinski definition) is 2. The normalized spacial score (nSPS) is 12.2. The van der Waals surface area contributed by atoms with Crippen LogP contribution in [0.4, 0.5) is 8.78 Å². The van der Waals surface area contributed by atoms with E-state index < -0.39 is 0 Å². The monoisotopic (exact) mass is 346 g/mol. The zero-order valence-corrected chi connectivity index (χ0v) is 14.6. The van der Waals surface area contributed by atoms with Crippen molar-refractivity contribution in [2.45, 2.75) is 26.3 Å². The summed E-state index contributed by atoms with van der Waals surface area (Å²) in [6.07, 6.45) is 0.650. The molecule has 5 heteroatoms. The van der Waals surface area contributed by atoms with Crippen LogP contribution in [0.25, 0.3) is 0 Å². The van der Waals surface area contributed by atoms with Gasteiger partial charge in [-0.1, -0.05) is 38.1 Å². The summed E-state index contributed by atoms with van der Waals surface area (Å²) in [5.41, 5.74) is 1.93. The van der Waals surface area contributed by atoms with Gasteiger partial charge in [0.05, 0.1) is 6.54 Å². The number of nitrogens with one attached hydrogen (secondary N) is 2. The van der Waals surface area contributed by atoms with E-state index in [1.54, 1.807) is 24.3 Å². The van der Waals surface area contributed by atoms with Gasteiger partial charge in [0.25, 0.3) is 0 Å². The fourth-order valence-electron chi connectivity index (χ4n) is 2.67. The lowest BCUT2D eigenvalue weighted by atomic mass is 9.96. The molecule has 0 saturated heterocycles. The molecule has 0 aromatic heterocycles. The molecule has 134 valence electrons. The first-order chi connectivity index (χ1) is 12.0. The smallest absolute Gasteiger partial charge is 0.233 e. The summed E-state index contributed by atoms with van der Waals surface area (Å²) in [6.45, 7) is 4.78. The minimum absolute atomic E-state index is 0.0246. The molecule has 3 nitrogen and oxygen atoms in total. The summed E-state index contributed by atoms with van der Waals surface area (Å²) in [7, 11) is 0. The first-order valence-corrected chi connectivity index (χ1v) is 8.45. The van der Waals surface area contributed by atoms with Crippen LogP contribution in [0.1, 0.15) is 31.0 Å². The molecular formula is C20H24F2N2O. The van der Waals surface area contributed by atoms with Crippen LogP contribution in [-0.4, -0.2) is 19.0 Å². The lowest BCUT2D eigenvalue weighted by Gasteiger charge is -2.22. The van der Waals surface area contributed by atoms with Gasteiger partial charge in [0, 0.05) is 12.6 Å². The van der Waals surface area contributed by atoms with Crippen LogP contribution < -0.4 is 10.6 Å². The average molecular weight is 346 g/mol. The molecule has 0 aliphatic rings. The standard InChI is InChI=1S/C20H24F2N2O/c1-14(2)20(16-5-9-18(22)10-6-16)24-13-19(25)23-12-11-15-3-7-17(21)8-4-15/h3-10,14,20,24H,11-13H2,1-2H3,(H,23,25)/t20-/m1/s1. The van der Waals surface area contributed by atoms with Crippen molar-refractivity contribution in [3.8, 4) is 0 Å². The highest BCUT2D eigenvalue weighted by atomic mass is 19.1. The lowest BCUT2D eigenvalue weighted by Crippen LogP contribution is -2.38. The van der Waals surface area contributed by atoms with Gasteiger partial charge >= 0.3 is 0 Å².